The van der Waals surface area contributed by atoms with E-state index in [-0.39, 0.29) is 0 Å². The predicted molar refractivity (Wildman–Crippen MR) is 77.0 cm³/mol. The summed E-state index contributed by atoms with van der Waals surface area (Å²) in [5.41, 5.74) is 2.39. The van der Waals surface area contributed by atoms with E-state index in [1.807, 2.05) is 23.8 Å². The van der Waals surface area contributed by atoms with E-state index < -0.39 is 10.0 Å². The van der Waals surface area contributed by atoms with Gasteiger partial charge in [0.15, 0.2) is 0 Å². The van der Waals surface area contributed by atoms with E-state index in [0.717, 1.165) is 16.8 Å². The molecule has 0 fully saturated rings. The molecule has 106 valence electrons. The maximum Gasteiger partial charge on any atom is 0.231 e. The van der Waals surface area contributed by atoms with Crippen LogP contribution in [-0.2, 0) is 10.0 Å². The van der Waals surface area contributed by atoms with Crippen molar-refractivity contribution in [3.8, 4) is 11.4 Å². The summed E-state index contributed by atoms with van der Waals surface area (Å²) >= 11 is 0. The van der Waals surface area contributed by atoms with Crippen LogP contribution < -0.4 is 9.88 Å². The SMILES string of the molecule is COc1cc(/C=C/S(N)(=O)=O)ccc1-n1cnc(C)c1. The number of nitrogens with two attached hydrogens (primary N) is 1. The van der Waals surface area contributed by atoms with E-state index in [1.165, 1.54) is 6.08 Å². The van der Waals surface area contributed by atoms with Crippen LogP contribution in [0.3, 0.4) is 0 Å². The molecule has 7 heteroatoms. The van der Waals surface area contributed by atoms with Crippen molar-refractivity contribution in [2.45, 2.75) is 6.92 Å². The molecule has 0 amide bonds. The van der Waals surface area contributed by atoms with E-state index in [1.54, 1.807) is 25.6 Å². The highest BCUT2D eigenvalue weighted by Gasteiger charge is 2.06. The lowest BCUT2D eigenvalue weighted by molar-refractivity contribution is 0.413. The molecule has 0 atom stereocenters. The van der Waals surface area contributed by atoms with Gasteiger partial charge in [-0.15, -0.1) is 0 Å². The van der Waals surface area contributed by atoms with Gasteiger partial charge in [0.1, 0.15) is 5.75 Å². The average Bonchev–Trinajstić information content (AvgIpc) is 2.81. The van der Waals surface area contributed by atoms with Crippen LogP contribution in [0.15, 0.2) is 36.1 Å². The van der Waals surface area contributed by atoms with Crippen molar-refractivity contribution in [2.75, 3.05) is 7.11 Å². The molecular weight excluding hydrogens is 278 g/mol. The predicted octanol–water partition coefficient (Wildman–Crippen LogP) is 1.45. The van der Waals surface area contributed by atoms with Gasteiger partial charge in [-0.3, -0.25) is 0 Å². The van der Waals surface area contributed by atoms with Crippen molar-refractivity contribution in [1.29, 1.82) is 0 Å². The summed E-state index contributed by atoms with van der Waals surface area (Å²) in [6.45, 7) is 1.90. The number of sulfonamides is 1. The number of hydrogen-bond acceptors (Lipinski definition) is 4. The second-order valence-electron chi connectivity index (χ2n) is 4.25. The molecule has 0 aliphatic carbocycles. The molecule has 0 bridgehead atoms. The normalized spacial score (nSPS) is 11.9. The van der Waals surface area contributed by atoms with Gasteiger partial charge in [0.25, 0.3) is 0 Å². The zero-order valence-corrected chi connectivity index (χ0v) is 12.0. The first kappa shape index (κ1) is 14.3. The Bertz CT molecular complexity index is 748. The second kappa shape index (κ2) is 5.48. The monoisotopic (exact) mass is 293 g/mol. The van der Waals surface area contributed by atoms with Gasteiger partial charge in [0, 0.05) is 11.6 Å². The lowest BCUT2D eigenvalue weighted by Crippen LogP contribution is -2.06. The van der Waals surface area contributed by atoms with Crippen molar-refractivity contribution in [3.05, 3.63) is 47.4 Å². The Morgan fingerprint density at radius 1 is 1.40 bits per heavy atom. The van der Waals surface area contributed by atoms with Crippen LogP contribution in [0.5, 0.6) is 5.75 Å². The quantitative estimate of drug-likeness (QED) is 0.924. The molecular formula is C13H15N3O3S. The van der Waals surface area contributed by atoms with Crippen LogP contribution >= 0.6 is 0 Å². The Morgan fingerprint density at radius 3 is 2.70 bits per heavy atom. The van der Waals surface area contributed by atoms with Gasteiger partial charge in [0.2, 0.25) is 10.0 Å². The number of imidazole rings is 1. The molecule has 6 nitrogen and oxygen atoms in total. The fourth-order valence-corrected chi connectivity index (χ4v) is 2.08. The van der Waals surface area contributed by atoms with Gasteiger partial charge in [-0.1, -0.05) is 6.07 Å². The number of nitrogens with zero attached hydrogens (tertiary/aromatic N) is 2. The van der Waals surface area contributed by atoms with Gasteiger partial charge >= 0.3 is 0 Å². The van der Waals surface area contributed by atoms with Gasteiger partial charge < -0.3 is 9.30 Å². The summed E-state index contributed by atoms with van der Waals surface area (Å²) in [6.07, 6.45) is 4.98. The van der Waals surface area contributed by atoms with E-state index in [4.69, 9.17) is 9.88 Å². The van der Waals surface area contributed by atoms with Crippen LogP contribution in [0, 0.1) is 6.92 Å². The maximum absolute atomic E-state index is 10.9. The number of hydrogen-bond donors (Lipinski definition) is 1. The van der Waals surface area contributed by atoms with Crippen LogP contribution in [-0.4, -0.2) is 25.1 Å². The van der Waals surface area contributed by atoms with Crippen molar-refractivity contribution in [3.63, 3.8) is 0 Å². The number of aromatic nitrogens is 2. The number of methoxy groups -OCH3 is 1. The number of aryl methyl sites for hydroxylation is 1. The first-order valence-electron chi connectivity index (χ1n) is 5.79. The third kappa shape index (κ3) is 3.46. The second-order valence-corrected chi connectivity index (χ2v) is 5.70. The summed E-state index contributed by atoms with van der Waals surface area (Å²) in [6, 6.07) is 5.32. The molecule has 2 N–H and O–H groups in total. The van der Waals surface area contributed by atoms with E-state index in [9.17, 15) is 8.42 Å². The number of benzene rings is 1. The highest BCUT2D eigenvalue weighted by Crippen LogP contribution is 2.25. The molecule has 0 saturated carbocycles. The largest absolute Gasteiger partial charge is 0.495 e. The molecule has 2 aromatic rings. The minimum atomic E-state index is -3.64. The number of rotatable bonds is 4. The van der Waals surface area contributed by atoms with Crippen molar-refractivity contribution in [1.82, 2.24) is 9.55 Å². The Labute approximate surface area is 117 Å². The van der Waals surface area contributed by atoms with Crippen LogP contribution in [0.2, 0.25) is 0 Å². The number of primary sulfonamides is 1. The third-order valence-electron chi connectivity index (χ3n) is 2.64. The summed E-state index contributed by atoms with van der Waals surface area (Å²) in [4.78, 5) is 4.16. The van der Waals surface area contributed by atoms with Crippen LogP contribution in [0.4, 0.5) is 0 Å². The molecule has 1 aromatic heterocycles. The molecule has 20 heavy (non-hydrogen) atoms. The van der Waals surface area contributed by atoms with Gasteiger partial charge in [-0.05, 0) is 30.7 Å². The van der Waals surface area contributed by atoms with Gasteiger partial charge in [-0.25, -0.2) is 18.5 Å². The average molecular weight is 293 g/mol. The van der Waals surface area contributed by atoms with Gasteiger partial charge in [0.05, 0.1) is 24.8 Å². The molecule has 0 unspecified atom stereocenters. The molecule has 0 radical (unpaired) electrons. The minimum absolute atomic E-state index is 0.610. The minimum Gasteiger partial charge on any atom is -0.495 e. The first-order valence-corrected chi connectivity index (χ1v) is 7.40. The highest BCUT2D eigenvalue weighted by molar-refractivity contribution is 7.92. The van der Waals surface area contributed by atoms with Crippen LogP contribution in [0.25, 0.3) is 11.8 Å². The molecule has 0 saturated heterocycles. The zero-order chi connectivity index (χ0) is 14.8. The Balaban J connectivity index is 2.41. The molecule has 1 aromatic carbocycles. The van der Waals surface area contributed by atoms with Gasteiger partial charge in [-0.2, -0.15) is 0 Å². The standard InChI is InChI=1S/C13H15N3O3S/c1-10-8-16(9-15-10)12-4-3-11(7-13(12)19-2)5-6-20(14,17)18/h3-9H,1-2H3,(H2,14,17,18)/b6-5+. The fourth-order valence-electron chi connectivity index (χ4n) is 1.74. The first-order chi connectivity index (χ1) is 9.39. The number of ether oxygens (including phenoxy) is 1. The lowest BCUT2D eigenvalue weighted by Gasteiger charge is -2.09. The zero-order valence-electron chi connectivity index (χ0n) is 11.1. The topological polar surface area (TPSA) is 87.2 Å². The maximum atomic E-state index is 10.9. The molecule has 0 spiro atoms. The van der Waals surface area contributed by atoms with Crippen molar-refractivity contribution < 1.29 is 13.2 Å². The van der Waals surface area contributed by atoms with E-state index >= 15 is 0 Å². The van der Waals surface area contributed by atoms with Crippen LogP contribution in [0.1, 0.15) is 11.3 Å². The Morgan fingerprint density at radius 2 is 2.15 bits per heavy atom. The summed E-state index contributed by atoms with van der Waals surface area (Å²) in [7, 11) is -2.09. The summed E-state index contributed by atoms with van der Waals surface area (Å²) in [5.74, 6) is 0.610. The third-order valence-corrected chi connectivity index (χ3v) is 3.16. The van der Waals surface area contributed by atoms with Crippen molar-refractivity contribution >= 4 is 16.1 Å². The fraction of sp³-hybridized carbons (Fsp3) is 0.154. The van der Waals surface area contributed by atoms with Crippen molar-refractivity contribution in [2.24, 2.45) is 5.14 Å². The summed E-state index contributed by atoms with van der Waals surface area (Å²) in [5, 5.41) is 5.87. The lowest BCUT2D eigenvalue weighted by atomic mass is 10.2. The molecule has 0 aliphatic rings. The highest BCUT2D eigenvalue weighted by atomic mass is 32.2. The Kier molecular flexibility index (Phi) is 3.91. The Hall–Kier alpha value is -2.12. The van der Waals surface area contributed by atoms with E-state index in [2.05, 4.69) is 4.98 Å². The molecule has 1 heterocycles. The molecule has 2 rings (SSSR count). The smallest absolute Gasteiger partial charge is 0.231 e. The molecule has 0 aliphatic heterocycles. The van der Waals surface area contributed by atoms with E-state index in [0.29, 0.717) is 11.3 Å². The summed E-state index contributed by atoms with van der Waals surface area (Å²) < 4.78 is 28.9.